The highest BCUT2D eigenvalue weighted by Crippen LogP contribution is 2.28. The molecule has 3 nitrogen and oxygen atoms in total. The molecule has 5 heteroatoms. The van der Waals surface area contributed by atoms with Crippen LogP contribution >= 0.6 is 27.5 Å². The second kappa shape index (κ2) is 6.97. The summed E-state index contributed by atoms with van der Waals surface area (Å²) in [7, 11) is 1.61. The van der Waals surface area contributed by atoms with E-state index >= 15 is 0 Å². The van der Waals surface area contributed by atoms with Crippen LogP contribution in [0, 0.1) is 0 Å². The van der Waals surface area contributed by atoms with Crippen LogP contribution in [-0.2, 0) is 0 Å². The smallest absolute Gasteiger partial charge is 0.135 e. The Morgan fingerprint density at radius 2 is 2.05 bits per heavy atom. The molecule has 0 fully saturated rings. The van der Waals surface area contributed by atoms with Gasteiger partial charge in [0, 0.05) is 28.9 Å². The molecule has 0 spiro atoms. The number of halogens is 2. The fraction of sp³-hybridized carbons (Fsp3) is 0.200. The zero-order valence-corrected chi connectivity index (χ0v) is 13.3. The van der Waals surface area contributed by atoms with E-state index in [1.807, 2.05) is 36.4 Å². The van der Waals surface area contributed by atoms with Crippen LogP contribution in [-0.4, -0.2) is 18.8 Å². The van der Waals surface area contributed by atoms with Crippen molar-refractivity contribution < 1.29 is 9.84 Å². The molecule has 0 aliphatic rings. The highest BCUT2D eigenvalue weighted by Gasteiger charge is 2.11. The van der Waals surface area contributed by atoms with Crippen molar-refractivity contribution in [2.24, 2.45) is 0 Å². The SMILES string of the molecule is COc1cc(NCC(O)c2ccccc2Cl)ccc1Br. The topological polar surface area (TPSA) is 41.5 Å². The molecule has 2 aromatic carbocycles. The lowest BCUT2D eigenvalue weighted by molar-refractivity contribution is 0.191. The molecule has 1 atom stereocenters. The number of anilines is 1. The molecule has 0 aromatic heterocycles. The second-order valence-corrected chi connectivity index (χ2v) is 5.53. The lowest BCUT2D eigenvalue weighted by atomic mass is 10.1. The summed E-state index contributed by atoms with van der Waals surface area (Å²) in [4.78, 5) is 0. The van der Waals surface area contributed by atoms with Gasteiger partial charge in [-0.25, -0.2) is 0 Å². The average Bonchev–Trinajstić information content (AvgIpc) is 2.46. The number of aliphatic hydroxyl groups is 1. The number of nitrogens with one attached hydrogen (secondary N) is 1. The van der Waals surface area contributed by atoms with Crippen LogP contribution in [0.5, 0.6) is 5.75 Å². The van der Waals surface area contributed by atoms with Crippen LogP contribution in [0.2, 0.25) is 5.02 Å². The minimum Gasteiger partial charge on any atom is -0.495 e. The van der Waals surface area contributed by atoms with Crippen molar-refractivity contribution in [2.75, 3.05) is 19.0 Å². The molecule has 2 N–H and O–H groups in total. The molecule has 0 aliphatic heterocycles. The number of hydrogen-bond donors (Lipinski definition) is 2. The molecule has 0 bridgehead atoms. The molecule has 0 radical (unpaired) electrons. The summed E-state index contributed by atoms with van der Waals surface area (Å²) in [5.41, 5.74) is 1.59. The number of methoxy groups -OCH3 is 1. The van der Waals surface area contributed by atoms with Crippen molar-refractivity contribution >= 4 is 33.2 Å². The van der Waals surface area contributed by atoms with E-state index < -0.39 is 6.10 Å². The van der Waals surface area contributed by atoms with E-state index in [-0.39, 0.29) is 0 Å². The fourth-order valence-corrected chi connectivity index (χ4v) is 2.51. The number of aliphatic hydroxyl groups excluding tert-OH is 1. The number of ether oxygens (including phenoxy) is 1. The van der Waals surface area contributed by atoms with E-state index in [0.717, 1.165) is 15.9 Å². The Morgan fingerprint density at radius 1 is 1.30 bits per heavy atom. The zero-order valence-electron chi connectivity index (χ0n) is 10.9. The molecular formula is C15H15BrClNO2. The Kier molecular flexibility index (Phi) is 5.29. The maximum Gasteiger partial charge on any atom is 0.135 e. The first kappa shape index (κ1) is 15.2. The largest absolute Gasteiger partial charge is 0.495 e. The summed E-state index contributed by atoms with van der Waals surface area (Å²) in [6, 6.07) is 12.9. The minimum atomic E-state index is -0.668. The van der Waals surface area contributed by atoms with Gasteiger partial charge in [0.05, 0.1) is 17.7 Å². The third kappa shape index (κ3) is 3.66. The average molecular weight is 357 g/mol. The van der Waals surface area contributed by atoms with Crippen molar-refractivity contribution in [1.82, 2.24) is 0 Å². The van der Waals surface area contributed by atoms with Crippen LogP contribution in [0.3, 0.4) is 0 Å². The van der Waals surface area contributed by atoms with E-state index in [1.165, 1.54) is 0 Å². The van der Waals surface area contributed by atoms with Crippen LogP contribution in [0.1, 0.15) is 11.7 Å². The van der Waals surface area contributed by atoms with Gasteiger partial charge < -0.3 is 15.2 Å². The third-order valence-corrected chi connectivity index (χ3v) is 3.91. The Hall–Kier alpha value is -1.23. The Morgan fingerprint density at radius 3 is 2.75 bits per heavy atom. The molecule has 20 heavy (non-hydrogen) atoms. The van der Waals surface area contributed by atoms with Gasteiger partial charge in [-0.3, -0.25) is 0 Å². The molecule has 0 amide bonds. The van der Waals surface area contributed by atoms with Crippen LogP contribution < -0.4 is 10.1 Å². The van der Waals surface area contributed by atoms with Crippen molar-refractivity contribution in [3.8, 4) is 5.75 Å². The first-order valence-electron chi connectivity index (χ1n) is 6.11. The zero-order chi connectivity index (χ0) is 14.5. The monoisotopic (exact) mass is 355 g/mol. The quantitative estimate of drug-likeness (QED) is 0.841. The van der Waals surface area contributed by atoms with Gasteiger partial charge in [0.1, 0.15) is 5.75 Å². The van der Waals surface area contributed by atoms with E-state index in [9.17, 15) is 5.11 Å². The molecule has 2 rings (SSSR count). The lowest BCUT2D eigenvalue weighted by Gasteiger charge is -2.15. The Labute approximate surface area is 131 Å². The van der Waals surface area contributed by atoms with Crippen molar-refractivity contribution in [1.29, 1.82) is 0 Å². The summed E-state index contributed by atoms with van der Waals surface area (Å²) in [5, 5.41) is 13.9. The predicted molar refractivity (Wildman–Crippen MR) is 85.6 cm³/mol. The van der Waals surface area contributed by atoms with Gasteiger partial charge in [-0.1, -0.05) is 29.8 Å². The predicted octanol–water partition coefficient (Wildman–Crippen LogP) is 4.26. The summed E-state index contributed by atoms with van der Waals surface area (Å²) in [5.74, 6) is 0.738. The highest BCUT2D eigenvalue weighted by molar-refractivity contribution is 9.10. The lowest BCUT2D eigenvalue weighted by Crippen LogP contribution is -2.12. The number of benzene rings is 2. The second-order valence-electron chi connectivity index (χ2n) is 4.27. The molecular weight excluding hydrogens is 342 g/mol. The normalized spacial score (nSPS) is 12.0. The van der Waals surface area contributed by atoms with Gasteiger partial charge in [-0.15, -0.1) is 0 Å². The molecule has 0 heterocycles. The number of hydrogen-bond acceptors (Lipinski definition) is 3. The molecule has 0 saturated carbocycles. The van der Waals surface area contributed by atoms with Crippen LogP contribution in [0.25, 0.3) is 0 Å². The summed E-state index contributed by atoms with van der Waals surface area (Å²) in [6.45, 7) is 0.370. The molecule has 2 aromatic rings. The van der Waals surface area contributed by atoms with Gasteiger partial charge >= 0.3 is 0 Å². The van der Waals surface area contributed by atoms with Crippen LogP contribution in [0.15, 0.2) is 46.9 Å². The summed E-state index contributed by atoms with van der Waals surface area (Å²) < 4.78 is 6.11. The molecule has 106 valence electrons. The molecule has 0 saturated heterocycles. The van der Waals surface area contributed by atoms with Gasteiger partial charge in [0.15, 0.2) is 0 Å². The fourth-order valence-electron chi connectivity index (χ4n) is 1.84. The maximum atomic E-state index is 10.2. The molecule has 1 unspecified atom stereocenters. The van der Waals surface area contributed by atoms with Crippen LogP contribution in [0.4, 0.5) is 5.69 Å². The van der Waals surface area contributed by atoms with Crippen molar-refractivity contribution in [3.63, 3.8) is 0 Å². The molecule has 0 aliphatic carbocycles. The Balaban J connectivity index is 2.03. The third-order valence-electron chi connectivity index (χ3n) is 2.91. The first-order valence-corrected chi connectivity index (χ1v) is 7.29. The van der Waals surface area contributed by atoms with E-state index in [1.54, 1.807) is 13.2 Å². The summed E-state index contributed by atoms with van der Waals surface area (Å²) >= 11 is 9.45. The van der Waals surface area contributed by atoms with E-state index in [0.29, 0.717) is 17.1 Å². The summed E-state index contributed by atoms with van der Waals surface area (Å²) in [6.07, 6.45) is -0.668. The maximum absolute atomic E-state index is 10.2. The highest BCUT2D eigenvalue weighted by atomic mass is 79.9. The van der Waals surface area contributed by atoms with E-state index in [4.69, 9.17) is 16.3 Å². The van der Waals surface area contributed by atoms with Gasteiger partial charge in [-0.05, 0) is 34.1 Å². The number of rotatable bonds is 5. The van der Waals surface area contributed by atoms with Crippen molar-refractivity contribution in [3.05, 3.63) is 57.5 Å². The van der Waals surface area contributed by atoms with Gasteiger partial charge in [-0.2, -0.15) is 0 Å². The first-order chi connectivity index (χ1) is 9.61. The standard InChI is InChI=1S/C15H15BrClNO2/c1-20-15-8-10(6-7-12(15)16)18-9-14(19)11-4-2-3-5-13(11)17/h2-8,14,18-19H,9H2,1H3. The van der Waals surface area contributed by atoms with Gasteiger partial charge in [0.2, 0.25) is 0 Å². The van der Waals surface area contributed by atoms with E-state index in [2.05, 4.69) is 21.2 Å². The minimum absolute atomic E-state index is 0.370. The van der Waals surface area contributed by atoms with Gasteiger partial charge in [0.25, 0.3) is 0 Å². The Bertz CT molecular complexity index is 592. The van der Waals surface area contributed by atoms with Crippen molar-refractivity contribution in [2.45, 2.75) is 6.10 Å².